The van der Waals surface area contributed by atoms with E-state index in [1.807, 2.05) is 20.0 Å². The van der Waals surface area contributed by atoms with E-state index in [0.29, 0.717) is 11.4 Å². The molecular formula is C20H26F2N2O. The van der Waals surface area contributed by atoms with Gasteiger partial charge in [-0.15, -0.1) is 0 Å². The summed E-state index contributed by atoms with van der Waals surface area (Å²) in [6.45, 7) is 5.93. The molecule has 1 aliphatic carbocycles. The molecule has 0 aliphatic heterocycles. The largest absolute Gasteiger partial charge is 0.432 e. The van der Waals surface area contributed by atoms with Gasteiger partial charge >= 0.3 is 6.61 Å². The Morgan fingerprint density at radius 2 is 2.04 bits per heavy atom. The number of halogens is 2. The highest BCUT2D eigenvalue weighted by molar-refractivity contribution is 5.91. The molecule has 0 radical (unpaired) electrons. The molecule has 5 heteroatoms. The SMILES string of the molecule is CNC1CC(C(C)(C)C)Cc2c1cc(OC(F)F)c1nccc(C)c21. The molecule has 2 atom stereocenters. The van der Waals surface area contributed by atoms with Gasteiger partial charge in [-0.2, -0.15) is 8.78 Å². The Hall–Kier alpha value is -1.75. The van der Waals surface area contributed by atoms with Crippen LogP contribution in [0.1, 0.15) is 49.9 Å². The van der Waals surface area contributed by atoms with E-state index in [2.05, 4.69) is 31.1 Å². The summed E-state index contributed by atoms with van der Waals surface area (Å²) >= 11 is 0. The van der Waals surface area contributed by atoms with E-state index in [1.54, 1.807) is 12.3 Å². The van der Waals surface area contributed by atoms with E-state index in [-0.39, 0.29) is 17.2 Å². The smallest absolute Gasteiger partial charge is 0.387 e. The normalized spacial score (nSPS) is 20.8. The van der Waals surface area contributed by atoms with Crippen molar-refractivity contribution in [3.63, 3.8) is 0 Å². The zero-order valence-corrected chi connectivity index (χ0v) is 15.5. The van der Waals surface area contributed by atoms with Crippen molar-refractivity contribution in [3.05, 3.63) is 35.0 Å². The summed E-state index contributed by atoms with van der Waals surface area (Å²) in [7, 11) is 1.92. The number of hydrogen-bond acceptors (Lipinski definition) is 3. The lowest BCUT2D eigenvalue weighted by Gasteiger charge is -2.39. The highest BCUT2D eigenvalue weighted by Crippen LogP contribution is 2.46. The van der Waals surface area contributed by atoms with Crippen LogP contribution in [-0.2, 0) is 6.42 Å². The van der Waals surface area contributed by atoms with Gasteiger partial charge in [0.15, 0.2) is 5.75 Å². The summed E-state index contributed by atoms with van der Waals surface area (Å²) in [6, 6.07) is 3.82. The number of fused-ring (bicyclic) bond motifs is 3. The molecule has 1 aromatic heterocycles. The minimum Gasteiger partial charge on any atom is -0.432 e. The van der Waals surface area contributed by atoms with Crippen LogP contribution in [0.25, 0.3) is 10.9 Å². The van der Waals surface area contributed by atoms with E-state index >= 15 is 0 Å². The van der Waals surface area contributed by atoms with Crippen LogP contribution in [0.2, 0.25) is 0 Å². The van der Waals surface area contributed by atoms with E-state index < -0.39 is 6.61 Å². The minimum absolute atomic E-state index is 0.122. The zero-order chi connectivity index (χ0) is 18.4. The van der Waals surface area contributed by atoms with Crippen LogP contribution < -0.4 is 10.1 Å². The van der Waals surface area contributed by atoms with Crippen molar-refractivity contribution in [2.75, 3.05) is 7.05 Å². The Kier molecular flexibility index (Phi) is 4.71. The number of alkyl halides is 2. The second-order valence-corrected chi connectivity index (χ2v) is 8.02. The predicted octanol–water partition coefficient (Wildman–Crippen LogP) is 5.01. The highest BCUT2D eigenvalue weighted by Gasteiger charge is 2.35. The fourth-order valence-corrected chi connectivity index (χ4v) is 3.96. The van der Waals surface area contributed by atoms with Gasteiger partial charge in [0.1, 0.15) is 5.52 Å². The molecule has 1 aromatic carbocycles. The van der Waals surface area contributed by atoms with Crippen molar-refractivity contribution in [1.29, 1.82) is 0 Å². The van der Waals surface area contributed by atoms with E-state index in [4.69, 9.17) is 4.74 Å². The fraction of sp³-hybridized carbons (Fsp3) is 0.550. The van der Waals surface area contributed by atoms with Gasteiger partial charge in [-0.1, -0.05) is 20.8 Å². The molecule has 0 fully saturated rings. The molecule has 3 rings (SSSR count). The lowest BCUT2D eigenvalue weighted by Crippen LogP contribution is -2.33. The summed E-state index contributed by atoms with van der Waals surface area (Å²) in [4.78, 5) is 4.36. The first-order chi connectivity index (χ1) is 11.7. The third kappa shape index (κ3) is 3.34. The monoisotopic (exact) mass is 348 g/mol. The summed E-state index contributed by atoms with van der Waals surface area (Å²) in [5.74, 6) is 0.670. The molecule has 2 aromatic rings. The van der Waals surface area contributed by atoms with Crippen molar-refractivity contribution in [2.45, 2.75) is 53.2 Å². The Labute approximate surface area is 147 Å². The van der Waals surface area contributed by atoms with Crippen molar-refractivity contribution in [1.82, 2.24) is 10.3 Å². The van der Waals surface area contributed by atoms with Crippen LogP contribution in [-0.4, -0.2) is 18.6 Å². The van der Waals surface area contributed by atoms with Crippen molar-refractivity contribution < 1.29 is 13.5 Å². The molecule has 25 heavy (non-hydrogen) atoms. The number of nitrogens with one attached hydrogen (secondary N) is 1. The lowest BCUT2D eigenvalue weighted by molar-refractivity contribution is -0.0490. The molecule has 0 saturated carbocycles. The Morgan fingerprint density at radius 1 is 1.32 bits per heavy atom. The zero-order valence-electron chi connectivity index (χ0n) is 15.5. The number of hydrogen-bond donors (Lipinski definition) is 1. The van der Waals surface area contributed by atoms with Gasteiger partial charge in [0.25, 0.3) is 0 Å². The van der Waals surface area contributed by atoms with Gasteiger partial charge < -0.3 is 10.1 Å². The molecule has 1 aliphatic rings. The molecule has 1 heterocycles. The first kappa shape index (κ1) is 18.1. The maximum Gasteiger partial charge on any atom is 0.387 e. The van der Waals surface area contributed by atoms with Crippen molar-refractivity contribution >= 4 is 10.9 Å². The van der Waals surface area contributed by atoms with Gasteiger partial charge in [-0.3, -0.25) is 4.98 Å². The third-order valence-corrected chi connectivity index (χ3v) is 5.46. The average Bonchev–Trinajstić information content (AvgIpc) is 2.52. The third-order valence-electron chi connectivity index (χ3n) is 5.46. The highest BCUT2D eigenvalue weighted by atomic mass is 19.3. The van der Waals surface area contributed by atoms with Gasteiger partial charge in [-0.25, -0.2) is 0 Å². The molecule has 3 nitrogen and oxygen atoms in total. The van der Waals surface area contributed by atoms with E-state index in [0.717, 1.165) is 29.4 Å². The van der Waals surface area contributed by atoms with Crippen LogP contribution in [0, 0.1) is 18.3 Å². The molecule has 1 N–H and O–H groups in total. The number of ether oxygens (including phenoxy) is 1. The van der Waals surface area contributed by atoms with Gasteiger partial charge in [0.05, 0.1) is 0 Å². The number of aromatic nitrogens is 1. The molecule has 2 unspecified atom stereocenters. The van der Waals surface area contributed by atoms with Crippen LogP contribution >= 0.6 is 0 Å². The molecular weight excluding hydrogens is 322 g/mol. The summed E-state index contributed by atoms with van der Waals surface area (Å²) < 4.78 is 30.6. The number of benzene rings is 1. The van der Waals surface area contributed by atoms with Crippen LogP contribution in [0.5, 0.6) is 5.75 Å². The van der Waals surface area contributed by atoms with Crippen LogP contribution in [0.4, 0.5) is 8.78 Å². The second kappa shape index (κ2) is 6.52. The minimum atomic E-state index is -2.86. The number of nitrogens with zero attached hydrogens (tertiary/aromatic N) is 1. The number of aryl methyl sites for hydroxylation is 1. The summed E-state index contributed by atoms with van der Waals surface area (Å²) in [6.07, 6.45) is 3.56. The maximum atomic E-state index is 12.9. The first-order valence-corrected chi connectivity index (χ1v) is 8.75. The van der Waals surface area contributed by atoms with Crippen LogP contribution in [0.15, 0.2) is 18.3 Å². The topological polar surface area (TPSA) is 34.1 Å². The van der Waals surface area contributed by atoms with Crippen molar-refractivity contribution in [2.24, 2.45) is 11.3 Å². The molecule has 0 amide bonds. The Balaban J connectivity index is 2.26. The Bertz CT molecular complexity index is 783. The van der Waals surface area contributed by atoms with Gasteiger partial charge in [0.2, 0.25) is 0 Å². The summed E-state index contributed by atoms with van der Waals surface area (Å²) in [5.41, 5.74) is 4.02. The van der Waals surface area contributed by atoms with Crippen LogP contribution in [0.3, 0.4) is 0 Å². The lowest BCUT2D eigenvalue weighted by atomic mass is 9.68. The molecule has 0 bridgehead atoms. The van der Waals surface area contributed by atoms with Gasteiger partial charge in [-0.05, 0) is 67.0 Å². The maximum absolute atomic E-state index is 12.9. The average molecular weight is 348 g/mol. The Morgan fingerprint density at radius 3 is 2.64 bits per heavy atom. The fourth-order valence-electron chi connectivity index (χ4n) is 3.96. The van der Waals surface area contributed by atoms with Crippen molar-refractivity contribution in [3.8, 4) is 5.75 Å². The van der Waals surface area contributed by atoms with E-state index in [9.17, 15) is 8.78 Å². The quantitative estimate of drug-likeness (QED) is 0.846. The summed E-state index contributed by atoms with van der Waals surface area (Å²) in [5, 5.41) is 4.33. The predicted molar refractivity (Wildman–Crippen MR) is 96.2 cm³/mol. The second-order valence-electron chi connectivity index (χ2n) is 8.02. The number of pyridine rings is 1. The molecule has 0 saturated heterocycles. The standard InChI is InChI=1S/C20H26F2N2O/c1-11-6-7-24-18-16(25-19(21)22)10-13-14(17(11)18)8-12(20(2,3)4)9-15(13)23-5/h6-7,10,12,15,19,23H,8-9H2,1-5H3. The number of rotatable bonds is 3. The molecule has 0 spiro atoms. The molecule has 136 valence electrons. The van der Waals surface area contributed by atoms with E-state index in [1.165, 1.54) is 5.56 Å². The van der Waals surface area contributed by atoms with Gasteiger partial charge in [0, 0.05) is 17.6 Å². The first-order valence-electron chi connectivity index (χ1n) is 8.75.